The largest absolute Gasteiger partial charge is 0.495 e. The highest BCUT2D eigenvalue weighted by molar-refractivity contribution is 6.32. The van der Waals surface area contributed by atoms with Crippen LogP contribution in [0, 0.1) is 5.82 Å². The quantitative estimate of drug-likeness (QED) is 0.786. The number of methoxy groups -OCH3 is 1. The molecule has 0 aliphatic carbocycles. The summed E-state index contributed by atoms with van der Waals surface area (Å²) in [5.41, 5.74) is 0.826. The lowest BCUT2D eigenvalue weighted by molar-refractivity contribution is 0.199. The van der Waals surface area contributed by atoms with E-state index in [4.69, 9.17) is 16.3 Å². The molecule has 1 aromatic heterocycles. The van der Waals surface area contributed by atoms with Gasteiger partial charge in [0.2, 0.25) is 0 Å². The molecule has 3 aromatic rings. The Balaban J connectivity index is 2.02. The summed E-state index contributed by atoms with van der Waals surface area (Å²) in [4.78, 5) is 4.34. The van der Waals surface area contributed by atoms with Crippen LogP contribution in [0.1, 0.15) is 17.5 Å². The Morgan fingerprint density at radius 3 is 2.62 bits per heavy atom. The lowest BCUT2D eigenvalue weighted by atomic mass is 10.1. The van der Waals surface area contributed by atoms with Crippen LogP contribution in [-0.4, -0.2) is 27.0 Å². The summed E-state index contributed by atoms with van der Waals surface area (Å²) in [7, 11) is 3.06. The minimum atomic E-state index is -1.30. The average molecular weight is 348 g/mol. The van der Waals surface area contributed by atoms with E-state index in [0.717, 1.165) is 11.6 Å². The fraction of sp³-hybridized carbons (Fsp3) is 0.176. The van der Waals surface area contributed by atoms with Crippen LogP contribution in [0.4, 0.5) is 4.39 Å². The third kappa shape index (κ3) is 2.98. The number of aliphatic hydroxyl groups excluding tert-OH is 1. The Hall–Kier alpha value is -2.44. The molecule has 24 heavy (non-hydrogen) atoms. The second-order valence-electron chi connectivity index (χ2n) is 5.19. The molecule has 0 spiro atoms. The Kier molecular flexibility index (Phi) is 4.51. The number of rotatable bonds is 4. The van der Waals surface area contributed by atoms with Gasteiger partial charge in [0.1, 0.15) is 17.7 Å². The second-order valence-corrected chi connectivity index (χ2v) is 5.60. The van der Waals surface area contributed by atoms with Crippen molar-refractivity contribution >= 4 is 11.6 Å². The Morgan fingerprint density at radius 1 is 1.25 bits per heavy atom. The summed E-state index contributed by atoms with van der Waals surface area (Å²) in [5.74, 6) is 0.306. The van der Waals surface area contributed by atoms with Gasteiger partial charge in [-0.3, -0.25) is 0 Å². The molecule has 1 N–H and O–H groups in total. The molecule has 0 saturated heterocycles. The molecule has 0 amide bonds. The second kappa shape index (κ2) is 6.59. The molecule has 124 valence electrons. The van der Waals surface area contributed by atoms with Gasteiger partial charge in [-0.1, -0.05) is 41.9 Å². The van der Waals surface area contributed by atoms with Crippen molar-refractivity contribution in [2.45, 2.75) is 6.10 Å². The number of aromatic nitrogens is 3. The number of benzene rings is 2. The molecule has 1 atom stereocenters. The van der Waals surface area contributed by atoms with Gasteiger partial charge in [0.15, 0.2) is 11.6 Å². The lowest BCUT2D eigenvalue weighted by Gasteiger charge is -2.13. The molecule has 0 saturated carbocycles. The molecule has 0 bridgehead atoms. The van der Waals surface area contributed by atoms with Gasteiger partial charge in [0.25, 0.3) is 0 Å². The van der Waals surface area contributed by atoms with Crippen LogP contribution in [0.25, 0.3) is 11.4 Å². The van der Waals surface area contributed by atoms with Gasteiger partial charge in [-0.25, -0.2) is 14.1 Å². The van der Waals surface area contributed by atoms with Gasteiger partial charge in [-0.05, 0) is 12.1 Å². The summed E-state index contributed by atoms with van der Waals surface area (Å²) in [6.45, 7) is 0. The number of ether oxygens (including phenoxy) is 1. The highest BCUT2D eigenvalue weighted by Crippen LogP contribution is 2.32. The maximum absolute atomic E-state index is 14.2. The molecule has 2 aromatic carbocycles. The Labute approximate surface area is 143 Å². The smallest absolute Gasteiger partial charge is 0.181 e. The van der Waals surface area contributed by atoms with Gasteiger partial charge in [0, 0.05) is 18.2 Å². The zero-order valence-corrected chi connectivity index (χ0v) is 13.8. The third-order valence-corrected chi connectivity index (χ3v) is 3.93. The van der Waals surface area contributed by atoms with E-state index in [1.165, 1.54) is 17.9 Å². The van der Waals surface area contributed by atoms with Crippen LogP contribution in [-0.2, 0) is 7.05 Å². The van der Waals surface area contributed by atoms with E-state index in [-0.39, 0.29) is 22.2 Å². The van der Waals surface area contributed by atoms with E-state index in [1.54, 1.807) is 7.05 Å². The van der Waals surface area contributed by atoms with Gasteiger partial charge >= 0.3 is 0 Å². The molecule has 3 rings (SSSR count). The molecule has 0 aliphatic heterocycles. The maximum atomic E-state index is 14.2. The van der Waals surface area contributed by atoms with E-state index in [9.17, 15) is 9.50 Å². The Morgan fingerprint density at radius 2 is 1.96 bits per heavy atom. The number of aryl methyl sites for hydroxylation is 1. The van der Waals surface area contributed by atoms with E-state index in [2.05, 4.69) is 10.1 Å². The van der Waals surface area contributed by atoms with Crippen molar-refractivity contribution < 1.29 is 14.2 Å². The van der Waals surface area contributed by atoms with Crippen LogP contribution in [0.5, 0.6) is 5.75 Å². The van der Waals surface area contributed by atoms with Crippen LogP contribution >= 0.6 is 11.6 Å². The summed E-state index contributed by atoms with van der Waals surface area (Å²) in [6, 6.07) is 11.8. The van der Waals surface area contributed by atoms with Gasteiger partial charge in [-0.2, -0.15) is 5.10 Å². The first-order valence-electron chi connectivity index (χ1n) is 7.18. The number of nitrogens with zero attached hydrogens (tertiary/aromatic N) is 3. The lowest BCUT2D eigenvalue weighted by Crippen LogP contribution is -2.10. The summed E-state index contributed by atoms with van der Waals surface area (Å²) < 4.78 is 20.7. The van der Waals surface area contributed by atoms with Crippen LogP contribution < -0.4 is 4.74 Å². The predicted molar refractivity (Wildman–Crippen MR) is 88.5 cm³/mol. The number of aliphatic hydroxyl groups is 1. The van der Waals surface area contributed by atoms with E-state index >= 15 is 0 Å². The van der Waals surface area contributed by atoms with Crippen molar-refractivity contribution in [3.63, 3.8) is 0 Å². The third-order valence-electron chi connectivity index (χ3n) is 3.64. The topological polar surface area (TPSA) is 60.2 Å². The number of hydrogen-bond donors (Lipinski definition) is 1. The van der Waals surface area contributed by atoms with Gasteiger partial charge < -0.3 is 9.84 Å². The molecule has 0 fully saturated rings. The fourth-order valence-electron chi connectivity index (χ4n) is 2.39. The first kappa shape index (κ1) is 16.4. The van der Waals surface area contributed by atoms with Crippen molar-refractivity contribution in [2.24, 2.45) is 7.05 Å². The standard InChI is InChI=1S/C17H15ClFN3O2/c1-22-17(20-16(21-22)10-6-4-3-5-7-10)15(23)11-8-14(24-2)12(18)9-13(11)19/h3-9,15,23H,1-2H3. The van der Waals surface area contributed by atoms with Crippen molar-refractivity contribution in [3.8, 4) is 17.1 Å². The molecule has 7 heteroatoms. The van der Waals surface area contributed by atoms with Crippen LogP contribution in [0.2, 0.25) is 5.02 Å². The molecule has 0 aliphatic rings. The SMILES string of the molecule is COc1cc(C(O)c2nc(-c3ccccc3)nn2C)c(F)cc1Cl. The number of halogens is 2. The van der Waals surface area contributed by atoms with Crippen LogP contribution in [0.3, 0.4) is 0 Å². The highest BCUT2D eigenvalue weighted by atomic mass is 35.5. The zero-order valence-electron chi connectivity index (χ0n) is 13.1. The molecule has 0 radical (unpaired) electrons. The normalized spacial score (nSPS) is 12.2. The molecule has 1 heterocycles. The van der Waals surface area contributed by atoms with Crippen molar-refractivity contribution in [1.82, 2.24) is 14.8 Å². The minimum absolute atomic E-state index is 0.0198. The van der Waals surface area contributed by atoms with Gasteiger partial charge in [0.05, 0.1) is 12.1 Å². The predicted octanol–water partition coefficient (Wildman–Crippen LogP) is 3.36. The summed E-state index contributed by atoms with van der Waals surface area (Å²) >= 11 is 5.89. The molecular weight excluding hydrogens is 333 g/mol. The van der Waals surface area contributed by atoms with Crippen molar-refractivity contribution in [3.05, 3.63) is 64.7 Å². The zero-order chi connectivity index (χ0) is 17.3. The van der Waals surface area contributed by atoms with Crippen LogP contribution in [0.15, 0.2) is 42.5 Å². The summed E-state index contributed by atoms with van der Waals surface area (Å²) in [5, 5.41) is 15.0. The van der Waals surface area contributed by atoms with Crippen molar-refractivity contribution in [2.75, 3.05) is 7.11 Å². The summed E-state index contributed by atoms with van der Waals surface area (Å²) in [6.07, 6.45) is -1.30. The first-order valence-corrected chi connectivity index (χ1v) is 7.56. The van der Waals surface area contributed by atoms with E-state index in [0.29, 0.717) is 5.82 Å². The first-order chi connectivity index (χ1) is 11.5. The molecule has 1 unspecified atom stereocenters. The Bertz CT molecular complexity index is 868. The fourth-order valence-corrected chi connectivity index (χ4v) is 2.62. The molecular formula is C17H15ClFN3O2. The van der Waals surface area contributed by atoms with E-state index in [1.807, 2.05) is 30.3 Å². The highest BCUT2D eigenvalue weighted by Gasteiger charge is 2.23. The monoisotopic (exact) mass is 347 g/mol. The van der Waals surface area contributed by atoms with Gasteiger partial charge in [-0.15, -0.1) is 0 Å². The average Bonchev–Trinajstić information content (AvgIpc) is 2.97. The maximum Gasteiger partial charge on any atom is 0.181 e. The minimum Gasteiger partial charge on any atom is -0.495 e. The van der Waals surface area contributed by atoms with Crippen molar-refractivity contribution in [1.29, 1.82) is 0 Å². The van der Waals surface area contributed by atoms with E-state index < -0.39 is 11.9 Å². The molecule has 5 nitrogen and oxygen atoms in total. The number of hydrogen-bond acceptors (Lipinski definition) is 4.